The number of hydrogen-bond acceptors (Lipinski definition) is 6. The molecule has 8 nitrogen and oxygen atoms in total. The van der Waals surface area contributed by atoms with Crippen molar-refractivity contribution in [1.29, 1.82) is 0 Å². The molecule has 0 bridgehead atoms. The number of nitrogens with zero attached hydrogens (tertiary/aromatic N) is 2. The van der Waals surface area contributed by atoms with Crippen molar-refractivity contribution >= 4 is 21.6 Å². The van der Waals surface area contributed by atoms with Gasteiger partial charge >= 0.3 is 6.01 Å². The fraction of sp³-hybridized carbons (Fsp3) is 0.450. The van der Waals surface area contributed by atoms with Crippen LogP contribution in [0.4, 0.5) is 5.69 Å². The molecular formula is C20H26N4O4S. The Morgan fingerprint density at radius 3 is 2.52 bits per heavy atom. The van der Waals surface area contributed by atoms with Crippen LogP contribution in [0.25, 0.3) is 0 Å². The Morgan fingerprint density at radius 1 is 1.17 bits per heavy atom. The van der Waals surface area contributed by atoms with Crippen molar-refractivity contribution in [1.82, 2.24) is 14.7 Å². The zero-order valence-electron chi connectivity index (χ0n) is 16.6. The predicted octanol–water partition coefficient (Wildman–Crippen LogP) is 3.01. The summed E-state index contributed by atoms with van der Waals surface area (Å²) in [5.41, 5.74) is 1.26. The lowest BCUT2D eigenvalue weighted by Crippen LogP contribution is -2.41. The number of benzene rings is 1. The van der Waals surface area contributed by atoms with Crippen LogP contribution in [0.2, 0.25) is 0 Å². The molecule has 1 fully saturated rings. The number of rotatable bonds is 7. The third-order valence-corrected chi connectivity index (χ3v) is 6.24. The standard InChI is InChI=1S/C20H26N4O4S/c1-14-4-6-16(7-5-14)24-29(26,27)13-19(25)23-18-9-8-17(12-15(18)2)28-20-21-10-3-11-22-20/h3,8-12,14,16,24H,4-7,13H2,1-2H3,(H,23,25). The van der Waals surface area contributed by atoms with Gasteiger partial charge in [0, 0.05) is 24.1 Å². The van der Waals surface area contributed by atoms with E-state index in [1.54, 1.807) is 43.6 Å². The third kappa shape index (κ3) is 6.50. The summed E-state index contributed by atoms with van der Waals surface area (Å²) in [4.78, 5) is 20.2. The van der Waals surface area contributed by atoms with Crippen molar-refractivity contribution in [3.05, 3.63) is 42.2 Å². The maximum atomic E-state index is 12.3. The second kappa shape index (κ2) is 9.32. The van der Waals surface area contributed by atoms with Crippen LogP contribution in [0.15, 0.2) is 36.7 Å². The van der Waals surface area contributed by atoms with Gasteiger partial charge in [-0.3, -0.25) is 4.79 Å². The Balaban J connectivity index is 1.55. The number of carbonyl (C=O) groups excluding carboxylic acids is 1. The molecule has 3 rings (SSSR count). The molecular weight excluding hydrogens is 392 g/mol. The molecule has 0 unspecified atom stereocenters. The average molecular weight is 419 g/mol. The molecule has 1 aromatic carbocycles. The highest BCUT2D eigenvalue weighted by Gasteiger charge is 2.25. The minimum Gasteiger partial charge on any atom is -0.424 e. The second-order valence-electron chi connectivity index (χ2n) is 7.49. The van der Waals surface area contributed by atoms with E-state index in [0.717, 1.165) is 31.2 Å². The van der Waals surface area contributed by atoms with Gasteiger partial charge in [0.05, 0.1) is 0 Å². The van der Waals surface area contributed by atoms with Crippen LogP contribution in [-0.4, -0.2) is 36.1 Å². The second-order valence-corrected chi connectivity index (χ2v) is 9.25. The van der Waals surface area contributed by atoms with E-state index in [9.17, 15) is 13.2 Å². The van der Waals surface area contributed by atoms with Gasteiger partial charge in [-0.15, -0.1) is 0 Å². The Labute approximate surface area is 171 Å². The van der Waals surface area contributed by atoms with Gasteiger partial charge in [0.25, 0.3) is 0 Å². The van der Waals surface area contributed by atoms with Crippen LogP contribution in [0.5, 0.6) is 11.8 Å². The lowest BCUT2D eigenvalue weighted by Gasteiger charge is -2.26. The molecule has 1 aliphatic rings. The summed E-state index contributed by atoms with van der Waals surface area (Å²) in [5, 5.41) is 2.66. The molecule has 2 aromatic rings. The minimum atomic E-state index is -3.68. The molecule has 2 N–H and O–H groups in total. The zero-order chi connectivity index (χ0) is 20.9. The summed E-state index contributed by atoms with van der Waals surface area (Å²) >= 11 is 0. The Hall–Kier alpha value is -2.52. The van der Waals surface area contributed by atoms with E-state index < -0.39 is 21.7 Å². The number of carbonyl (C=O) groups is 1. The van der Waals surface area contributed by atoms with Crippen LogP contribution in [-0.2, 0) is 14.8 Å². The zero-order valence-corrected chi connectivity index (χ0v) is 17.4. The molecule has 0 atom stereocenters. The van der Waals surface area contributed by atoms with E-state index in [2.05, 4.69) is 26.9 Å². The normalized spacial score (nSPS) is 19.5. The molecule has 29 heavy (non-hydrogen) atoms. The lowest BCUT2D eigenvalue weighted by atomic mass is 9.88. The van der Waals surface area contributed by atoms with E-state index in [1.165, 1.54) is 0 Å². The van der Waals surface area contributed by atoms with E-state index in [0.29, 0.717) is 17.4 Å². The molecule has 9 heteroatoms. The molecule has 0 saturated heterocycles. The molecule has 1 saturated carbocycles. The largest absolute Gasteiger partial charge is 0.424 e. The van der Waals surface area contributed by atoms with E-state index in [4.69, 9.17) is 4.74 Å². The first-order chi connectivity index (χ1) is 13.8. The monoisotopic (exact) mass is 418 g/mol. The lowest BCUT2D eigenvalue weighted by molar-refractivity contribution is -0.113. The van der Waals surface area contributed by atoms with Crippen LogP contribution in [0, 0.1) is 12.8 Å². The van der Waals surface area contributed by atoms with Crippen molar-refractivity contribution < 1.29 is 17.9 Å². The Bertz CT molecular complexity index is 942. The van der Waals surface area contributed by atoms with Crippen molar-refractivity contribution in [3.8, 4) is 11.8 Å². The van der Waals surface area contributed by atoms with Gasteiger partial charge in [-0.25, -0.2) is 23.1 Å². The fourth-order valence-corrected chi connectivity index (χ4v) is 4.56. The summed E-state index contributed by atoms with van der Waals surface area (Å²) in [6.45, 7) is 3.97. The van der Waals surface area contributed by atoms with Crippen LogP contribution < -0.4 is 14.8 Å². The smallest absolute Gasteiger partial charge is 0.321 e. The van der Waals surface area contributed by atoms with Gasteiger partial charge < -0.3 is 10.1 Å². The highest BCUT2D eigenvalue weighted by Crippen LogP contribution is 2.25. The number of sulfonamides is 1. The summed E-state index contributed by atoms with van der Waals surface area (Å²) in [6.07, 6.45) is 6.78. The van der Waals surface area contributed by atoms with Crippen molar-refractivity contribution in [3.63, 3.8) is 0 Å². The van der Waals surface area contributed by atoms with Crippen LogP contribution >= 0.6 is 0 Å². The first kappa shape index (κ1) is 21.2. The summed E-state index contributed by atoms with van der Waals surface area (Å²) in [5.74, 6) is -0.0333. The van der Waals surface area contributed by atoms with Gasteiger partial charge in [-0.2, -0.15) is 0 Å². The molecule has 0 aliphatic heterocycles. The minimum absolute atomic E-state index is 0.0811. The van der Waals surface area contributed by atoms with E-state index in [-0.39, 0.29) is 12.1 Å². The number of amides is 1. The molecule has 1 aliphatic carbocycles. The van der Waals surface area contributed by atoms with Gasteiger partial charge in [0.2, 0.25) is 15.9 Å². The van der Waals surface area contributed by atoms with Crippen molar-refractivity contribution in [2.45, 2.75) is 45.6 Å². The number of hydrogen-bond donors (Lipinski definition) is 2. The average Bonchev–Trinajstić information content (AvgIpc) is 2.66. The predicted molar refractivity (Wildman–Crippen MR) is 110 cm³/mol. The molecule has 156 valence electrons. The summed E-state index contributed by atoms with van der Waals surface area (Å²) in [6, 6.07) is 6.87. The van der Waals surface area contributed by atoms with E-state index in [1.807, 2.05) is 0 Å². The molecule has 0 spiro atoms. The van der Waals surface area contributed by atoms with E-state index >= 15 is 0 Å². The number of ether oxygens (including phenoxy) is 1. The van der Waals surface area contributed by atoms with Crippen molar-refractivity contribution in [2.75, 3.05) is 11.1 Å². The highest BCUT2D eigenvalue weighted by molar-refractivity contribution is 7.90. The number of anilines is 1. The van der Waals surface area contributed by atoms with Crippen LogP contribution in [0.3, 0.4) is 0 Å². The first-order valence-corrected chi connectivity index (χ1v) is 11.3. The Kier molecular flexibility index (Phi) is 6.81. The van der Waals surface area contributed by atoms with Gasteiger partial charge in [0.1, 0.15) is 11.5 Å². The maximum absolute atomic E-state index is 12.3. The SMILES string of the molecule is Cc1cc(Oc2ncccn2)ccc1NC(=O)CS(=O)(=O)NC1CCC(C)CC1. The number of nitrogens with one attached hydrogen (secondary N) is 2. The van der Waals surface area contributed by atoms with Gasteiger partial charge in [0.15, 0.2) is 0 Å². The van der Waals surface area contributed by atoms with Gasteiger partial charge in [-0.1, -0.05) is 6.92 Å². The highest BCUT2D eigenvalue weighted by atomic mass is 32.2. The fourth-order valence-electron chi connectivity index (χ4n) is 3.32. The quantitative estimate of drug-likeness (QED) is 0.715. The van der Waals surface area contributed by atoms with Gasteiger partial charge in [-0.05, 0) is 68.4 Å². The third-order valence-electron chi connectivity index (χ3n) is 4.91. The Morgan fingerprint density at radius 2 is 1.86 bits per heavy atom. The maximum Gasteiger partial charge on any atom is 0.321 e. The molecule has 1 aromatic heterocycles. The first-order valence-electron chi connectivity index (χ1n) is 9.66. The topological polar surface area (TPSA) is 110 Å². The van der Waals surface area contributed by atoms with Crippen molar-refractivity contribution in [2.24, 2.45) is 5.92 Å². The molecule has 0 radical (unpaired) electrons. The van der Waals surface area contributed by atoms with Crippen LogP contribution in [0.1, 0.15) is 38.2 Å². The number of aromatic nitrogens is 2. The summed E-state index contributed by atoms with van der Waals surface area (Å²) in [7, 11) is -3.68. The number of aryl methyl sites for hydroxylation is 1. The molecule has 1 amide bonds. The summed E-state index contributed by atoms with van der Waals surface area (Å²) < 4.78 is 32.8. The molecule has 1 heterocycles.